The Balaban J connectivity index is 1.74. The minimum atomic E-state index is 0.250. The Hall–Kier alpha value is -0.570. The maximum Gasteiger partial charge on any atom is 0.223 e. The second kappa shape index (κ2) is 5.20. The van der Waals surface area contributed by atoms with Gasteiger partial charge in [-0.1, -0.05) is 20.8 Å². The number of carbonyl (C=O) groups is 1. The predicted molar refractivity (Wildman–Crippen MR) is 74.0 cm³/mol. The van der Waals surface area contributed by atoms with Crippen molar-refractivity contribution in [1.29, 1.82) is 0 Å². The minimum Gasteiger partial charge on any atom is -0.353 e. The van der Waals surface area contributed by atoms with Gasteiger partial charge in [0.1, 0.15) is 0 Å². The second-order valence-electron chi connectivity index (χ2n) is 7.35. The van der Waals surface area contributed by atoms with Gasteiger partial charge in [0.2, 0.25) is 5.91 Å². The average Bonchev–Trinajstić information content (AvgIpc) is 2.26. The minimum absolute atomic E-state index is 0.250. The molecule has 3 N–H and O–H groups in total. The van der Waals surface area contributed by atoms with Crippen LogP contribution < -0.4 is 11.1 Å². The van der Waals surface area contributed by atoms with Crippen molar-refractivity contribution in [3.05, 3.63) is 0 Å². The van der Waals surface area contributed by atoms with Crippen LogP contribution in [0.25, 0.3) is 0 Å². The monoisotopic (exact) mass is 252 g/mol. The highest BCUT2D eigenvalue weighted by Crippen LogP contribution is 2.39. The van der Waals surface area contributed by atoms with Crippen molar-refractivity contribution < 1.29 is 4.79 Å². The van der Waals surface area contributed by atoms with Crippen LogP contribution in [0, 0.1) is 17.3 Å². The summed E-state index contributed by atoms with van der Waals surface area (Å²) >= 11 is 0. The fourth-order valence-corrected chi connectivity index (χ4v) is 3.32. The molecule has 2 fully saturated rings. The number of nitrogens with two attached hydrogens (primary N) is 1. The smallest absolute Gasteiger partial charge is 0.223 e. The van der Waals surface area contributed by atoms with E-state index in [1.54, 1.807) is 0 Å². The molecule has 18 heavy (non-hydrogen) atoms. The standard InChI is InChI=1S/C15H28N2O/c1-15(2,3)11-6-4-10(5-7-11)14(18)17-13-8-12(16)9-13/h10-13H,4-9,16H2,1-3H3,(H,17,18). The van der Waals surface area contributed by atoms with E-state index in [0.717, 1.165) is 31.6 Å². The van der Waals surface area contributed by atoms with Crippen LogP contribution in [0.5, 0.6) is 0 Å². The topological polar surface area (TPSA) is 55.1 Å². The van der Waals surface area contributed by atoms with Gasteiger partial charge in [-0.25, -0.2) is 0 Å². The largest absolute Gasteiger partial charge is 0.353 e. The van der Waals surface area contributed by atoms with Crippen molar-refractivity contribution in [3.8, 4) is 0 Å². The zero-order valence-electron chi connectivity index (χ0n) is 12.0. The number of rotatable bonds is 2. The van der Waals surface area contributed by atoms with Gasteiger partial charge in [0.25, 0.3) is 0 Å². The van der Waals surface area contributed by atoms with E-state index in [-0.39, 0.29) is 11.8 Å². The zero-order chi connectivity index (χ0) is 13.3. The van der Waals surface area contributed by atoms with E-state index in [0.29, 0.717) is 17.5 Å². The van der Waals surface area contributed by atoms with E-state index in [1.165, 1.54) is 12.8 Å². The lowest BCUT2D eigenvalue weighted by Crippen LogP contribution is -2.52. The lowest BCUT2D eigenvalue weighted by atomic mass is 9.69. The summed E-state index contributed by atoms with van der Waals surface area (Å²) in [5.41, 5.74) is 6.13. The molecular weight excluding hydrogens is 224 g/mol. The molecule has 104 valence electrons. The van der Waals surface area contributed by atoms with Crippen molar-refractivity contribution in [3.63, 3.8) is 0 Å². The van der Waals surface area contributed by atoms with Gasteiger partial charge in [-0.15, -0.1) is 0 Å². The predicted octanol–water partition coefficient (Wildman–Crippen LogP) is 2.44. The Morgan fingerprint density at radius 1 is 1.11 bits per heavy atom. The number of hydrogen-bond acceptors (Lipinski definition) is 2. The Bertz CT molecular complexity index is 294. The third-order valence-corrected chi connectivity index (χ3v) is 4.84. The van der Waals surface area contributed by atoms with E-state index in [2.05, 4.69) is 26.1 Å². The SMILES string of the molecule is CC(C)(C)C1CCC(C(=O)NC2CC(N)C2)CC1. The molecule has 0 radical (unpaired) electrons. The van der Waals surface area contributed by atoms with Crippen LogP contribution in [0.3, 0.4) is 0 Å². The highest BCUT2D eigenvalue weighted by Gasteiger charge is 2.34. The van der Waals surface area contributed by atoms with Crippen LogP contribution in [-0.4, -0.2) is 18.0 Å². The summed E-state index contributed by atoms with van der Waals surface area (Å²) in [7, 11) is 0. The van der Waals surface area contributed by atoms with Gasteiger partial charge in [0.15, 0.2) is 0 Å². The number of carbonyl (C=O) groups excluding carboxylic acids is 1. The van der Waals surface area contributed by atoms with Crippen molar-refractivity contribution in [1.82, 2.24) is 5.32 Å². The molecular formula is C15H28N2O. The third kappa shape index (κ3) is 3.25. The van der Waals surface area contributed by atoms with Crippen LogP contribution in [0.1, 0.15) is 59.3 Å². The van der Waals surface area contributed by atoms with Crippen LogP contribution in [0.15, 0.2) is 0 Å². The van der Waals surface area contributed by atoms with Gasteiger partial charge in [-0.2, -0.15) is 0 Å². The molecule has 3 nitrogen and oxygen atoms in total. The summed E-state index contributed by atoms with van der Waals surface area (Å²) in [5, 5.41) is 3.15. The summed E-state index contributed by atoms with van der Waals surface area (Å²) in [5.74, 6) is 1.30. The molecule has 2 rings (SSSR count). The van der Waals surface area contributed by atoms with E-state index in [1.807, 2.05) is 0 Å². The third-order valence-electron chi connectivity index (χ3n) is 4.84. The summed E-state index contributed by atoms with van der Waals surface area (Å²) < 4.78 is 0. The van der Waals surface area contributed by atoms with E-state index in [9.17, 15) is 4.79 Å². The fraction of sp³-hybridized carbons (Fsp3) is 0.933. The van der Waals surface area contributed by atoms with Gasteiger partial charge in [0.05, 0.1) is 0 Å². The van der Waals surface area contributed by atoms with Crippen LogP contribution in [-0.2, 0) is 4.79 Å². The molecule has 0 spiro atoms. The zero-order valence-corrected chi connectivity index (χ0v) is 12.0. The first-order valence-electron chi connectivity index (χ1n) is 7.42. The van der Waals surface area contributed by atoms with Crippen molar-refractivity contribution >= 4 is 5.91 Å². The van der Waals surface area contributed by atoms with Gasteiger partial charge < -0.3 is 11.1 Å². The van der Waals surface area contributed by atoms with Gasteiger partial charge in [0, 0.05) is 18.0 Å². The summed E-state index contributed by atoms with van der Waals surface area (Å²) in [6.07, 6.45) is 6.45. The first kappa shape index (κ1) is 13.9. The quantitative estimate of drug-likeness (QED) is 0.793. The maximum atomic E-state index is 12.1. The molecule has 0 saturated heterocycles. The average molecular weight is 252 g/mol. The van der Waals surface area contributed by atoms with Crippen LogP contribution in [0.2, 0.25) is 0 Å². The lowest BCUT2D eigenvalue weighted by molar-refractivity contribution is -0.127. The Morgan fingerprint density at radius 3 is 2.11 bits per heavy atom. The van der Waals surface area contributed by atoms with Crippen molar-refractivity contribution in [2.45, 2.75) is 71.4 Å². The number of nitrogens with one attached hydrogen (secondary N) is 1. The van der Waals surface area contributed by atoms with Gasteiger partial charge in [-0.3, -0.25) is 4.79 Å². The van der Waals surface area contributed by atoms with Crippen LogP contribution >= 0.6 is 0 Å². The molecule has 1 amide bonds. The molecule has 0 aromatic heterocycles. The Morgan fingerprint density at radius 2 is 1.67 bits per heavy atom. The normalized spacial score (nSPS) is 36.9. The Labute approximate surface area is 111 Å². The summed E-state index contributed by atoms with van der Waals surface area (Å²) in [6, 6.07) is 0.666. The number of hydrogen-bond donors (Lipinski definition) is 2. The molecule has 0 atom stereocenters. The maximum absolute atomic E-state index is 12.1. The molecule has 0 aliphatic heterocycles. The Kier molecular flexibility index (Phi) is 4.00. The first-order chi connectivity index (χ1) is 8.36. The molecule has 0 bridgehead atoms. The van der Waals surface area contributed by atoms with E-state index < -0.39 is 0 Å². The lowest BCUT2D eigenvalue weighted by Gasteiger charge is -2.38. The summed E-state index contributed by atoms with van der Waals surface area (Å²) in [6.45, 7) is 6.94. The molecule has 3 heteroatoms. The van der Waals surface area contributed by atoms with Crippen molar-refractivity contribution in [2.24, 2.45) is 23.0 Å². The molecule has 0 heterocycles. The first-order valence-corrected chi connectivity index (χ1v) is 7.42. The number of amides is 1. The molecule has 0 aromatic carbocycles. The molecule has 2 aliphatic carbocycles. The molecule has 2 aliphatic rings. The molecule has 0 aromatic rings. The van der Waals surface area contributed by atoms with E-state index >= 15 is 0 Å². The molecule has 2 saturated carbocycles. The highest BCUT2D eigenvalue weighted by atomic mass is 16.1. The van der Waals surface area contributed by atoms with Crippen LogP contribution in [0.4, 0.5) is 0 Å². The fourth-order valence-electron chi connectivity index (χ4n) is 3.32. The van der Waals surface area contributed by atoms with E-state index in [4.69, 9.17) is 5.73 Å². The molecule has 0 unspecified atom stereocenters. The van der Waals surface area contributed by atoms with Gasteiger partial charge >= 0.3 is 0 Å². The highest BCUT2D eigenvalue weighted by molar-refractivity contribution is 5.79. The second-order valence-corrected chi connectivity index (χ2v) is 7.35. The summed E-state index contributed by atoms with van der Waals surface area (Å²) in [4.78, 5) is 12.1. The van der Waals surface area contributed by atoms with Gasteiger partial charge in [-0.05, 0) is 49.9 Å². The van der Waals surface area contributed by atoms with Crippen molar-refractivity contribution in [2.75, 3.05) is 0 Å².